The van der Waals surface area contributed by atoms with E-state index >= 15 is 0 Å². The van der Waals surface area contributed by atoms with Crippen molar-refractivity contribution in [1.29, 1.82) is 0 Å². The zero-order valence-corrected chi connectivity index (χ0v) is 13.1. The van der Waals surface area contributed by atoms with Gasteiger partial charge in [0.15, 0.2) is 0 Å². The van der Waals surface area contributed by atoms with Crippen molar-refractivity contribution in [3.8, 4) is 0 Å². The van der Waals surface area contributed by atoms with E-state index in [-0.39, 0.29) is 11.8 Å². The quantitative estimate of drug-likeness (QED) is 0.920. The van der Waals surface area contributed by atoms with Crippen LogP contribution in [0.25, 0.3) is 11.0 Å². The van der Waals surface area contributed by atoms with Crippen LogP contribution in [0.5, 0.6) is 0 Å². The average molecular weight is 289 g/mol. The highest BCUT2D eigenvalue weighted by Gasteiger charge is 2.27. The van der Waals surface area contributed by atoms with Crippen LogP contribution in [0, 0.1) is 0 Å². The molecule has 0 saturated heterocycles. The topological polar surface area (TPSA) is 53.7 Å². The van der Waals surface area contributed by atoms with Crippen molar-refractivity contribution in [3.63, 3.8) is 0 Å². The molecule has 1 atom stereocenters. The summed E-state index contributed by atoms with van der Waals surface area (Å²) < 4.78 is 5.77. The molecule has 0 saturated carbocycles. The molecule has 1 unspecified atom stereocenters. The lowest BCUT2D eigenvalue weighted by molar-refractivity contribution is -0.135. The summed E-state index contributed by atoms with van der Waals surface area (Å²) in [6.07, 6.45) is 0. The number of rotatable bonds is 5. The third kappa shape index (κ3) is 3.64. The van der Waals surface area contributed by atoms with Gasteiger partial charge in [-0.05, 0) is 39.8 Å². The maximum absolute atomic E-state index is 12.6. The number of carbonyl (C=O) groups is 1. The molecule has 0 fully saturated rings. The first-order valence-corrected chi connectivity index (χ1v) is 7.31. The zero-order valence-electron chi connectivity index (χ0n) is 13.1. The molecule has 1 N–H and O–H groups in total. The summed E-state index contributed by atoms with van der Waals surface area (Å²) in [5.74, 6) is 0.272. The molecule has 0 aliphatic carbocycles. The van der Waals surface area contributed by atoms with Crippen molar-refractivity contribution in [2.24, 2.45) is 0 Å². The third-order valence-corrected chi connectivity index (χ3v) is 3.51. The van der Waals surface area contributed by atoms with Crippen LogP contribution in [0.1, 0.15) is 39.4 Å². The van der Waals surface area contributed by atoms with E-state index < -0.39 is 5.60 Å². The zero-order chi connectivity index (χ0) is 15.6. The third-order valence-electron chi connectivity index (χ3n) is 3.51. The molecule has 2 aromatic rings. The molecule has 21 heavy (non-hydrogen) atoms. The van der Waals surface area contributed by atoms with Crippen LogP contribution in [-0.2, 0) is 4.79 Å². The van der Waals surface area contributed by atoms with Crippen molar-refractivity contribution in [2.45, 2.75) is 39.2 Å². The molecule has 1 amide bonds. The summed E-state index contributed by atoms with van der Waals surface area (Å²) >= 11 is 0. The fourth-order valence-corrected chi connectivity index (χ4v) is 2.42. The molecule has 2 rings (SSSR count). The first kappa shape index (κ1) is 15.6. The maximum Gasteiger partial charge on any atom is 0.233 e. The largest absolute Gasteiger partial charge is 0.460 e. The van der Waals surface area contributed by atoms with E-state index in [1.807, 2.05) is 44.2 Å². The van der Waals surface area contributed by atoms with Crippen LogP contribution in [0.15, 0.2) is 34.7 Å². The Morgan fingerprint density at radius 3 is 2.62 bits per heavy atom. The Balaban J connectivity index is 2.21. The van der Waals surface area contributed by atoms with E-state index in [9.17, 15) is 9.90 Å². The van der Waals surface area contributed by atoms with E-state index in [0.29, 0.717) is 18.8 Å². The van der Waals surface area contributed by atoms with Crippen LogP contribution >= 0.6 is 0 Å². The SMILES string of the molecule is CCN(CC(C)(C)O)C(=O)C(C)c1cc2ccccc2o1. The van der Waals surface area contributed by atoms with E-state index in [4.69, 9.17) is 4.42 Å². The van der Waals surface area contributed by atoms with Gasteiger partial charge in [-0.25, -0.2) is 0 Å². The standard InChI is InChI=1S/C17H23NO3/c1-5-18(11-17(3,4)20)16(19)12(2)15-10-13-8-6-7-9-14(13)21-15/h6-10,12,20H,5,11H2,1-4H3. The minimum Gasteiger partial charge on any atom is -0.460 e. The number of likely N-dealkylation sites (N-methyl/N-ethyl adjacent to an activating group) is 1. The van der Waals surface area contributed by atoms with Gasteiger partial charge in [0.2, 0.25) is 5.91 Å². The number of aliphatic hydroxyl groups is 1. The van der Waals surface area contributed by atoms with E-state index in [2.05, 4.69) is 0 Å². The van der Waals surface area contributed by atoms with Gasteiger partial charge >= 0.3 is 0 Å². The van der Waals surface area contributed by atoms with Gasteiger partial charge in [-0.1, -0.05) is 18.2 Å². The van der Waals surface area contributed by atoms with Gasteiger partial charge in [0.1, 0.15) is 11.3 Å². The fraction of sp³-hybridized carbons (Fsp3) is 0.471. The lowest BCUT2D eigenvalue weighted by Gasteiger charge is -2.29. The van der Waals surface area contributed by atoms with E-state index in [1.54, 1.807) is 18.7 Å². The summed E-state index contributed by atoms with van der Waals surface area (Å²) in [4.78, 5) is 14.2. The van der Waals surface area contributed by atoms with Gasteiger partial charge in [-0.2, -0.15) is 0 Å². The molecule has 4 nitrogen and oxygen atoms in total. The second kappa shape index (κ2) is 5.90. The number of para-hydroxylation sites is 1. The average Bonchev–Trinajstić information content (AvgIpc) is 2.86. The Morgan fingerprint density at radius 1 is 1.38 bits per heavy atom. The molecule has 1 heterocycles. The predicted molar refractivity (Wildman–Crippen MR) is 83.2 cm³/mol. The molecule has 0 radical (unpaired) electrons. The highest BCUT2D eigenvalue weighted by atomic mass is 16.3. The van der Waals surface area contributed by atoms with Crippen LogP contribution < -0.4 is 0 Å². The van der Waals surface area contributed by atoms with Gasteiger partial charge in [-0.15, -0.1) is 0 Å². The smallest absolute Gasteiger partial charge is 0.233 e. The van der Waals surface area contributed by atoms with Gasteiger partial charge in [0, 0.05) is 18.5 Å². The summed E-state index contributed by atoms with van der Waals surface area (Å²) in [6, 6.07) is 9.63. The van der Waals surface area contributed by atoms with Gasteiger partial charge < -0.3 is 14.4 Å². The Kier molecular flexibility index (Phi) is 4.37. The minimum atomic E-state index is -0.904. The minimum absolute atomic E-state index is 0.0290. The Hall–Kier alpha value is -1.81. The molecule has 114 valence electrons. The lowest BCUT2D eigenvalue weighted by atomic mass is 10.0. The van der Waals surface area contributed by atoms with E-state index in [0.717, 1.165) is 11.0 Å². The Bertz CT molecular complexity index is 591. The molecular formula is C17H23NO3. The first-order valence-electron chi connectivity index (χ1n) is 7.31. The molecule has 1 aromatic heterocycles. The van der Waals surface area contributed by atoms with Crippen LogP contribution in [0.4, 0.5) is 0 Å². The number of fused-ring (bicyclic) bond motifs is 1. The number of amides is 1. The second-order valence-electron chi connectivity index (χ2n) is 6.07. The van der Waals surface area contributed by atoms with Crippen molar-refractivity contribution >= 4 is 16.9 Å². The normalized spacial score (nSPS) is 13.4. The molecule has 0 aliphatic rings. The highest BCUT2D eigenvalue weighted by molar-refractivity contribution is 5.85. The number of hydrogen-bond acceptors (Lipinski definition) is 3. The fourth-order valence-electron chi connectivity index (χ4n) is 2.42. The number of carbonyl (C=O) groups excluding carboxylic acids is 1. The number of furan rings is 1. The monoisotopic (exact) mass is 289 g/mol. The number of hydrogen-bond donors (Lipinski definition) is 1. The van der Waals surface area contributed by atoms with Crippen LogP contribution in [0.3, 0.4) is 0 Å². The molecular weight excluding hydrogens is 266 g/mol. The lowest BCUT2D eigenvalue weighted by Crippen LogP contribution is -2.43. The molecule has 0 spiro atoms. The van der Waals surface area contributed by atoms with Gasteiger partial charge in [0.25, 0.3) is 0 Å². The summed E-state index contributed by atoms with van der Waals surface area (Å²) in [5.41, 5.74) is -0.114. The predicted octanol–water partition coefficient (Wildman–Crippen LogP) is 3.16. The van der Waals surface area contributed by atoms with Crippen molar-refractivity contribution in [3.05, 3.63) is 36.1 Å². The summed E-state index contributed by atoms with van der Waals surface area (Å²) in [6.45, 7) is 8.03. The van der Waals surface area contributed by atoms with Gasteiger partial charge in [-0.3, -0.25) is 4.79 Å². The van der Waals surface area contributed by atoms with Crippen LogP contribution in [0.2, 0.25) is 0 Å². The first-order chi connectivity index (χ1) is 9.81. The Labute approximate surface area is 125 Å². The van der Waals surface area contributed by atoms with E-state index in [1.165, 1.54) is 0 Å². The summed E-state index contributed by atoms with van der Waals surface area (Å²) in [7, 11) is 0. The molecule has 1 aromatic carbocycles. The number of benzene rings is 1. The van der Waals surface area contributed by atoms with Crippen molar-refractivity contribution in [2.75, 3.05) is 13.1 Å². The number of nitrogens with zero attached hydrogens (tertiary/aromatic N) is 1. The second-order valence-corrected chi connectivity index (χ2v) is 6.07. The highest BCUT2D eigenvalue weighted by Crippen LogP contribution is 2.26. The van der Waals surface area contributed by atoms with Crippen molar-refractivity contribution < 1.29 is 14.3 Å². The summed E-state index contributed by atoms with van der Waals surface area (Å²) in [5, 5.41) is 10.9. The van der Waals surface area contributed by atoms with Crippen molar-refractivity contribution in [1.82, 2.24) is 4.90 Å². The molecule has 4 heteroatoms. The molecule has 0 aliphatic heterocycles. The van der Waals surface area contributed by atoms with Gasteiger partial charge in [0.05, 0.1) is 11.5 Å². The Morgan fingerprint density at radius 2 is 2.05 bits per heavy atom. The van der Waals surface area contributed by atoms with Crippen LogP contribution in [-0.4, -0.2) is 34.6 Å². The molecule has 0 bridgehead atoms. The maximum atomic E-state index is 12.6.